The predicted octanol–water partition coefficient (Wildman–Crippen LogP) is 2.80. The summed E-state index contributed by atoms with van der Waals surface area (Å²) in [6, 6.07) is 8.39. The number of rotatable bonds is 7. The average Bonchev–Trinajstić information content (AvgIpc) is 2.85. The molecule has 0 spiro atoms. The molecule has 0 saturated carbocycles. The molecule has 0 amide bonds. The van der Waals surface area contributed by atoms with Gasteiger partial charge in [-0.15, -0.1) is 0 Å². The molecule has 21 heavy (non-hydrogen) atoms. The van der Waals surface area contributed by atoms with Gasteiger partial charge in [0, 0.05) is 18.7 Å². The molecule has 1 aromatic carbocycles. The number of carbonyl (C=O) groups is 1. The van der Waals surface area contributed by atoms with E-state index in [1.165, 1.54) is 17.7 Å². The minimum atomic E-state index is -0.934. The summed E-state index contributed by atoms with van der Waals surface area (Å²) in [7, 11) is 2.02. The number of nitrogens with zero attached hydrogens (tertiary/aromatic N) is 1. The van der Waals surface area contributed by atoms with E-state index >= 15 is 0 Å². The number of aryl methyl sites for hydroxylation is 1. The molecule has 112 valence electrons. The topological polar surface area (TPSA) is 62.9 Å². The van der Waals surface area contributed by atoms with Crippen molar-refractivity contribution in [2.75, 3.05) is 20.2 Å². The summed E-state index contributed by atoms with van der Waals surface area (Å²) in [6.07, 6.45) is 1.69. The molecule has 0 radical (unpaired) electrons. The Hall–Kier alpha value is -2.27. The van der Waals surface area contributed by atoms with Crippen molar-refractivity contribution in [3.05, 3.63) is 53.5 Å². The van der Waals surface area contributed by atoms with Crippen LogP contribution in [0.2, 0.25) is 0 Å². The number of aromatic carboxylic acids is 1. The number of ether oxygens (including phenoxy) is 1. The molecule has 0 aliphatic carbocycles. The molecule has 0 bridgehead atoms. The largest absolute Gasteiger partial charge is 0.492 e. The Balaban J connectivity index is 1.76. The number of benzene rings is 1. The molecule has 0 aliphatic rings. The van der Waals surface area contributed by atoms with Crippen molar-refractivity contribution in [2.24, 2.45) is 0 Å². The third-order valence-corrected chi connectivity index (χ3v) is 3.25. The second kappa shape index (κ2) is 6.95. The van der Waals surface area contributed by atoms with Gasteiger partial charge in [0.05, 0.1) is 11.8 Å². The molecule has 2 aromatic rings. The highest BCUT2D eigenvalue weighted by molar-refractivity contribution is 5.87. The second-order valence-corrected chi connectivity index (χ2v) is 4.92. The van der Waals surface area contributed by atoms with Crippen LogP contribution in [0.25, 0.3) is 0 Å². The lowest BCUT2D eigenvalue weighted by Gasteiger charge is -2.16. The Morgan fingerprint density at radius 1 is 1.29 bits per heavy atom. The third kappa shape index (κ3) is 4.36. The number of hydrogen-bond acceptors (Lipinski definition) is 4. The quantitative estimate of drug-likeness (QED) is 0.849. The third-order valence-electron chi connectivity index (χ3n) is 3.25. The zero-order valence-electron chi connectivity index (χ0n) is 12.2. The number of hydrogen-bond donors (Lipinski definition) is 1. The fraction of sp³-hybridized carbons (Fsp3) is 0.312. The minimum Gasteiger partial charge on any atom is -0.492 e. The van der Waals surface area contributed by atoms with Crippen molar-refractivity contribution < 1.29 is 19.1 Å². The summed E-state index contributed by atoms with van der Waals surface area (Å²) < 4.78 is 10.9. The Labute approximate surface area is 123 Å². The summed E-state index contributed by atoms with van der Waals surface area (Å²) in [5, 5.41) is 8.81. The van der Waals surface area contributed by atoms with Gasteiger partial charge in [-0.3, -0.25) is 4.90 Å². The molecule has 1 N–H and O–H groups in total. The van der Waals surface area contributed by atoms with Gasteiger partial charge in [-0.25, -0.2) is 4.79 Å². The lowest BCUT2D eigenvalue weighted by atomic mass is 10.2. The van der Waals surface area contributed by atoms with Crippen LogP contribution in [0.3, 0.4) is 0 Å². The molecule has 0 fully saturated rings. The van der Waals surface area contributed by atoms with Crippen LogP contribution >= 0.6 is 0 Å². The van der Waals surface area contributed by atoms with E-state index in [0.717, 1.165) is 18.8 Å². The van der Waals surface area contributed by atoms with Gasteiger partial charge in [0.2, 0.25) is 0 Å². The normalized spacial score (nSPS) is 10.8. The summed E-state index contributed by atoms with van der Waals surface area (Å²) >= 11 is 0. The summed E-state index contributed by atoms with van der Waals surface area (Å²) in [5.41, 5.74) is 1.43. The summed E-state index contributed by atoms with van der Waals surface area (Å²) in [5.74, 6) is 0.677. The van der Waals surface area contributed by atoms with Gasteiger partial charge < -0.3 is 14.3 Å². The number of carboxylic acid groups (broad SMARTS) is 1. The van der Waals surface area contributed by atoms with Crippen LogP contribution in [0, 0.1) is 6.92 Å². The second-order valence-electron chi connectivity index (χ2n) is 4.92. The molecule has 0 atom stereocenters. The number of furan rings is 1. The summed E-state index contributed by atoms with van der Waals surface area (Å²) in [4.78, 5) is 12.9. The molecule has 5 heteroatoms. The van der Waals surface area contributed by atoms with Crippen LogP contribution in [0.5, 0.6) is 5.75 Å². The van der Waals surface area contributed by atoms with Gasteiger partial charge in [0.1, 0.15) is 18.1 Å². The molecule has 0 unspecified atom stereocenters. The van der Waals surface area contributed by atoms with Crippen molar-refractivity contribution in [3.8, 4) is 5.75 Å². The number of carboxylic acids is 1. The Bertz CT molecular complexity index is 589. The van der Waals surface area contributed by atoms with Gasteiger partial charge in [-0.2, -0.15) is 0 Å². The fourth-order valence-corrected chi connectivity index (χ4v) is 1.96. The molecular weight excluding hydrogens is 270 g/mol. The van der Waals surface area contributed by atoms with Crippen LogP contribution in [0.1, 0.15) is 21.7 Å². The molecule has 1 aromatic heterocycles. The maximum absolute atomic E-state index is 10.7. The first-order valence-electron chi connectivity index (χ1n) is 6.74. The van der Waals surface area contributed by atoms with Crippen molar-refractivity contribution in [1.29, 1.82) is 0 Å². The van der Waals surface area contributed by atoms with E-state index < -0.39 is 5.97 Å². The van der Waals surface area contributed by atoms with Crippen molar-refractivity contribution in [1.82, 2.24) is 4.90 Å². The highest BCUT2D eigenvalue weighted by Crippen LogP contribution is 2.13. The smallest absolute Gasteiger partial charge is 0.335 e. The predicted molar refractivity (Wildman–Crippen MR) is 78.7 cm³/mol. The van der Waals surface area contributed by atoms with Crippen molar-refractivity contribution in [3.63, 3.8) is 0 Å². The SMILES string of the molecule is Cc1occc1CN(C)CCOc1ccc(C(=O)O)cc1. The van der Waals surface area contributed by atoms with Gasteiger partial charge in [-0.1, -0.05) is 0 Å². The van der Waals surface area contributed by atoms with Crippen LogP contribution in [0.4, 0.5) is 0 Å². The summed E-state index contributed by atoms with van der Waals surface area (Å²) in [6.45, 7) is 4.07. The standard InChI is InChI=1S/C16H19NO4/c1-12-14(7-9-20-12)11-17(2)8-10-21-15-5-3-13(4-6-15)16(18)19/h3-7,9H,8,10-11H2,1-2H3,(H,18,19). The van der Waals surface area contributed by atoms with Crippen molar-refractivity contribution >= 4 is 5.97 Å². The molecule has 0 saturated heterocycles. The highest BCUT2D eigenvalue weighted by Gasteiger charge is 2.06. The Morgan fingerprint density at radius 2 is 2.00 bits per heavy atom. The van der Waals surface area contributed by atoms with Crippen molar-refractivity contribution in [2.45, 2.75) is 13.5 Å². The zero-order valence-corrected chi connectivity index (χ0v) is 12.2. The van der Waals surface area contributed by atoms with Gasteiger partial charge >= 0.3 is 5.97 Å². The van der Waals surface area contributed by atoms with Crippen LogP contribution in [-0.2, 0) is 6.54 Å². The first-order valence-corrected chi connectivity index (χ1v) is 6.74. The molecule has 0 aliphatic heterocycles. The van der Waals surface area contributed by atoms with E-state index in [1.807, 2.05) is 20.0 Å². The van der Waals surface area contributed by atoms with Gasteiger partial charge in [0.15, 0.2) is 0 Å². The Morgan fingerprint density at radius 3 is 2.57 bits per heavy atom. The fourth-order valence-electron chi connectivity index (χ4n) is 1.96. The highest BCUT2D eigenvalue weighted by atomic mass is 16.5. The molecule has 5 nitrogen and oxygen atoms in total. The molecule has 2 rings (SSSR count). The first-order chi connectivity index (χ1) is 10.1. The minimum absolute atomic E-state index is 0.259. The van der Waals surface area contributed by atoms with Crippen LogP contribution in [0.15, 0.2) is 41.0 Å². The maximum atomic E-state index is 10.7. The molecular formula is C16H19NO4. The maximum Gasteiger partial charge on any atom is 0.335 e. The van der Waals surface area contributed by atoms with E-state index in [0.29, 0.717) is 12.4 Å². The number of likely N-dealkylation sites (N-methyl/N-ethyl adjacent to an activating group) is 1. The van der Waals surface area contributed by atoms with Gasteiger partial charge in [0.25, 0.3) is 0 Å². The van der Waals surface area contributed by atoms with Gasteiger partial charge in [-0.05, 0) is 44.3 Å². The average molecular weight is 289 g/mol. The zero-order chi connectivity index (χ0) is 15.2. The van der Waals surface area contributed by atoms with E-state index in [9.17, 15) is 4.79 Å². The first kappa shape index (κ1) is 15.1. The Kier molecular flexibility index (Phi) is 5.00. The molecule has 1 heterocycles. The lowest BCUT2D eigenvalue weighted by Crippen LogP contribution is -2.24. The van der Waals surface area contributed by atoms with E-state index in [2.05, 4.69) is 4.90 Å². The van der Waals surface area contributed by atoms with E-state index in [-0.39, 0.29) is 5.56 Å². The monoisotopic (exact) mass is 289 g/mol. The van der Waals surface area contributed by atoms with Crippen LogP contribution in [-0.4, -0.2) is 36.2 Å². The van der Waals surface area contributed by atoms with Crippen LogP contribution < -0.4 is 4.74 Å². The van der Waals surface area contributed by atoms with E-state index in [1.54, 1.807) is 18.4 Å². The lowest BCUT2D eigenvalue weighted by molar-refractivity contribution is 0.0697. The van der Waals surface area contributed by atoms with E-state index in [4.69, 9.17) is 14.3 Å².